The molecule has 1 nitrogen and oxygen atoms in total. The standard InChI is InChI=1S/C11H23N/c1-5-10-7-8-11(6-2)12(10)9(3)4/h9-11H,5-8H2,1-4H3. The Balaban J connectivity index is 2.59. The number of hydrogen-bond donors (Lipinski definition) is 0. The molecule has 1 rings (SSSR count). The number of rotatable bonds is 3. The van der Waals surface area contributed by atoms with Gasteiger partial charge < -0.3 is 0 Å². The Hall–Kier alpha value is -0.0400. The summed E-state index contributed by atoms with van der Waals surface area (Å²) < 4.78 is 0. The van der Waals surface area contributed by atoms with Gasteiger partial charge in [-0.3, -0.25) is 4.90 Å². The zero-order chi connectivity index (χ0) is 9.14. The van der Waals surface area contributed by atoms with Crippen LogP contribution in [0.15, 0.2) is 0 Å². The molecule has 0 amide bonds. The smallest absolute Gasteiger partial charge is 0.00988 e. The Morgan fingerprint density at radius 3 is 1.75 bits per heavy atom. The monoisotopic (exact) mass is 169 g/mol. The van der Waals surface area contributed by atoms with Gasteiger partial charge in [0.15, 0.2) is 0 Å². The van der Waals surface area contributed by atoms with Crippen molar-refractivity contribution < 1.29 is 0 Å². The van der Waals surface area contributed by atoms with E-state index in [0.29, 0.717) is 0 Å². The average Bonchev–Trinajstić information content (AvgIpc) is 2.46. The molecule has 2 atom stereocenters. The predicted octanol–water partition coefficient (Wildman–Crippen LogP) is 3.05. The molecule has 0 radical (unpaired) electrons. The van der Waals surface area contributed by atoms with Crippen molar-refractivity contribution >= 4 is 0 Å². The van der Waals surface area contributed by atoms with Crippen molar-refractivity contribution in [3.63, 3.8) is 0 Å². The van der Waals surface area contributed by atoms with Gasteiger partial charge in [0.25, 0.3) is 0 Å². The molecular formula is C11H23N. The quantitative estimate of drug-likeness (QED) is 0.627. The second-order valence-electron chi connectivity index (χ2n) is 4.24. The Morgan fingerprint density at radius 1 is 1.08 bits per heavy atom. The maximum Gasteiger partial charge on any atom is 0.00988 e. The molecular weight excluding hydrogens is 146 g/mol. The van der Waals surface area contributed by atoms with Gasteiger partial charge in [0.05, 0.1) is 0 Å². The lowest BCUT2D eigenvalue weighted by atomic mass is 10.1. The third-order valence-corrected chi connectivity index (χ3v) is 3.22. The van der Waals surface area contributed by atoms with Crippen LogP contribution < -0.4 is 0 Å². The zero-order valence-electron chi connectivity index (χ0n) is 9.01. The van der Waals surface area contributed by atoms with E-state index >= 15 is 0 Å². The highest BCUT2D eigenvalue weighted by Crippen LogP contribution is 2.29. The summed E-state index contributed by atoms with van der Waals surface area (Å²) in [6.45, 7) is 9.30. The largest absolute Gasteiger partial charge is 0.295 e. The Morgan fingerprint density at radius 2 is 1.50 bits per heavy atom. The van der Waals surface area contributed by atoms with E-state index in [1.165, 1.54) is 25.7 Å². The van der Waals surface area contributed by atoms with Gasteiger partial charge in [-0.2, -0.15) is 0 Å². The van der Waals surface area contributed by atoms with Crippen LogP contribution in [0.1, 0.15) is 53.4 Å². The van der Waals surface area contributed by atoms with Crippen molar-refractivity contribution in [2.75, 3.05) is 0 Å². The molecule has 1 heteroatoms. The van der Waals surface area contributed by atoms with Crippen LogP contribution in [-0.2, 0) is 0 Å². The first-order chi connectivity index (χ1) is 5.70. The topological polar surface area (TPSA) is 3.24 Å². The maximum atomic E-state index is 2.72. The van der Waals surface area contributed by atoms with Crippen LogP contribution in [0, 0.1) is 0 Å². The highest BCUT2D eigenvalue weighted by molar-refractivity contribution is 4.87. The lowest BCUT2D eigenvalue weighted by Crippen LogP contribution is -2.40. The van der Waals surface area contributed by atoms with Gasteiger partial charge in [0, 0.05) is 18.1 Å². The van der Waals surface area contributed by atoms with Gasteiger partial charge in [-0.05, 0) is 39.5 Å². The van der Waals surface area contributed by atoms with Crippen LogP contribution in [0.5, 0.6) is 0 Å². The lowest BCUT2D eigenvalue weighted by molar-refractivity contribution is 0.142. The molecule has 12 heavy (non-hydrogen) atoms. The molecule has 0 aromatic carbocycles. The minimum absolute atomic E-state index is 0.738. The summed E-state index contributed by atoms with van der Waals surface area (Å²) in [7, 11) is 0. The number of nitrogens with zero attached hydrogens (tertiary/aromatic N) is 1. The van der Waals surface area contributed by atoms with Gasteiger partial charge in [0.1, 0.15) is 0 Å². The Bertz CT molecular complexity index is 119. The first kappa shape index (κ1) is 10.0. The molecule has 1 heterocycles. The minimum Gasteiger partial charge on any atom is -0.295 e. The normalized spacial score (nSPS) is 31.8. The van der Waals surface area contributed by atoms with Crippen molar-refractivity contribution in [2.24, 2.45) is 0 Å². The van der Waals surface area contributed by atoms with Gasteiger partial charge in [-0.25, -0.2) is 0 Å². The van der Waals surface area contributed by atoms with Gasteiger partial charge in [0.2, 0.25) is 0 Å². The average molecular weight is 169 g/mol. The third-order valence-electron chi connectivity index (χ3n) is 3.22. The summed E-state index contributed by atoms with van der Waals surface area (Å²) in [5.41, 5.74) is 0. The Kier molecular flexibility index (Phi) is 3.57. The van der Waals surface area contributed by atoms with E-state index < -0.39 is 0 Å². The summed E-state index contributed by atoms with van der Waals surface area (Å²) >= 11 is 0. The van der Waals surface area contributed by atoms with Gasteiger partial charge >= 0.3 is 0 Å². The molecule has 72 valence electrons. The van der Waals surface area contributed by atoms with Gasteiger partial charge in [-0.1, -0.05) is 13.8 Å². The highest BCUT2D eigenvalue weighted by atomic mass is 15.2. The first-order valence-corrected chi connectivity index (χ1v) is 5.48. The second kappa shape index (κ2) is 4.27. The first-order valence-electron chi connectivity index (χ1n) is 5.48. The molecule has 0 aliphatic carbocycles. The van der Waals surface area contributed by atoms with Crippen molar-refractivity contribution in [1.29, 1.82) is 0 Å². The fourth-order valence-electron chi connectivity index (χ4n) is 2.65. The number of likely N-dealkylation sites (tertiary alicyclic amines) is 1. The van der Waals surface area contributed by atoms with E-state index in [0.717, 1.165) is 18.1 Å². The molecule has 0 aromatic rings. The van der Waals surface area contributed by atoms with Crippen LogP contribution in [0.2, 0.25) is 0 Å². The van der Waals surface area contributed by atoms with Crippen LogP contribution in [0.4, 0.5) is 0 Å². The van der Waals surface area contributed by atoms with Crippen LogP contribution in [0.25, 0.3) is 0 Å². The lowest BCUT2D eigenvalue weighted by Gasteiger charge is -2.32. The molecule has 1 aliphatic heterocycles. The van der Waals surface area contributed by atoms with E-state index in [1.807, 2.05) is 0 Å². The summed E-state index contributed by atoms with van der Waals surface area (Å²) in [4.78, 5) is 2.72. The third kappa shape index (κ3) is 1.82. The van der Waals surface area contributed by atoms with Crippen molar-refractivity contribution in [2.45, 2.75) is 71.5 Å². The summed E-state index contributed by atoms with van der Waals surface area (Å²) in [6, 6.07) is 2.48. The summed E-state index contributed by atoms with van der Waals surface area (Å²) in [5, 5.41) is 0. The van der Waals surface area contributed by atoms with Crippen molar-refractivity contribution in [3.8, 4) is 0 Å². The SMILES string of the molecule is CCC1CCC(CC)N1C(C)C. The fraction of sp³-hybridized carbons (Fsp3) is 1.00. The zero-order valence-corrected chi connectivity index (χ0v) is 9.01. The van der Waals surface area contributed by atoms with Crippen molar-refractivity contribution in [3.05, 3.63) is 0 Å². The molecule has 0 bridgehead atoms. The Labute approximate surface area is 77.1 Å². The molecule has 0 spiro atoms. The van der Waals surface area contributed by atoms with E-state index in [1.54, 1.807) is 0 Å². The molecule has 0 aromatic heterocycles. The van der Waals surface area contributed by atoms with Crippen molar-refractivity contribution in [1.82, 2.24) is 4.90 Å². The molecule has 1 fully saturated rings. The molecule has 0 saturated carbocycles. The predicted molar refractivity (Wildman–Crippen MR) is 54.4 cm³/mol. The van der Waals surface area contributed by atoms with Crippen LogP contribution in [-0.4, -0.2) is 23.0 Å². The van der Waals surface area contributed by atoms with Crippen LogP contribution in [0.3, 0.4) is 0 Å². The molecule has 2 unspecified atom stereocenters. The fourth-order valence-corrected chi connectivity index (χ4v) is 2.65. The van der Waals surface area contributed by atoms with E-state index in [-0.39, 0.29) is 0 Å². The van der Waals surface area contributed by atoms with E-state index in [2.05, 4.69) is 32.6 Å². The second-order valence-corrected chi connectivity index (χ2v) is 4.24. The van der Waals surface area contributed by atoms with E-state index in [4.69, 9.17) is 0 Å². The summed E-state index contributed by atoms with van der Waals surface area (Å²) in [5.74, 6) is 0. The van der Waals surface area contributed by atoms with Gasteiger partial charge in [-0.15, -0.1) is 0 Å². The van der Waals surface area contributed by atoms with E-state index in [9.17, 15) is 0 Å². The molecule has 1 saturated heterocycles. The molecule has 1 aliphatic rings. The summed E-state index contributed by atoms with van der Waals surface area (Å²) in [6.07, 6.45) is 5.50. The minimum atomic E-state index is 0.738. The highest BCUT2D eigenvalue weighted by Gasteiger charge is 2.32. The molecule has 0 N–H and O–H groups in total. The maximum absolute atomic E-state index is 2.72. The van der Waals surface area contributed by atoms with Crippen LogP contribution >= 0.6 is 0 Å². The number of hydrogen-bond acceptors (Lipinski definition) is 1.